The molecule has 5 rings (SSSR count). The number of hydrogen-bond acceptors (Lipinski definition) is 5. The molecular formula is C20H13F3IN7. The van der Waals surface area contributed by atoms with Crippen molar-refractivity contribution in [3.8, 4) is 11.1 Å². The van der Waals surface area contributed by atoms with Gasteiger partial charge in [-0.2, -0.15) is 27.9 Å². The van der Waals surface area contributed by atoms with E-state index >= 15 is 0 Å². The summed E-state index contributed by atoms with van der Waals surface area (Å²) in [4.78, 5) is 4.51. The maximum Gasteiger partial charge on any atom is 0.435 e. The van der Waals surface area contributed by atoms with E-state index in [2.05, 4.69) is 48.0 Å². The van der Waals surface area contributed by atoms with Gasteiger partial charge < -0.3 is 0 Å². The smallest absolute Gasteiger partial charge is 0.262 e. The summed E-state index contributed by atoms with van der Waals surface area (Å²) < 4.78 is 42.8. The molecule has 31 heavy (non-hydrogen) atoms. The fourth-order valence-electron chi connectivity index (χ4n) is 3.30. The van der Waals surface area contributed by atoms with E-state index in [9.17, 15) is 13.2 Å². The van der Waals surface area contributed by atoms with Crippen molar-refractivity contribution in [2.75, 3.05) is 0 Å². The van der Waals surface area contributed by atoms with Crippen molar-refractivity contribution in [2.24, 2.45) is 0 Å². The van der Waals surface area contributed by atoms with E-state index in [0.717, 1.165) is 42.7 Å². The first kappa shape index (κ1) is 19.8. The topological polar surface area (TPSA) is 73.8 Å². The highest BCUT2D eigenvalue weighted by molar-refractivity contribution is 14.1. The molecule has 0 atom stereocenters. The van der Waals surface area contributed by atoms with Crippen molar-refractivity contribution < 1.29 is 13.2 Å². The summed E-state index contributed by atoms with van der Waals surface area (Å²) in [6.07, 6.45) is 1.28. The number of alkyl halides is 4. The standard InChI is InChI=1S/C20H13F3IN7/c21-20(22,23)17-3-4-18-27-28-19(31(18)29-17)6-12-1-2-16-13(5-12)7-14(8-25-16)15-9-26-30(10-15)11-24/h1-5,7-10H,6,11H2. The number of benzene rings is 1. The van der Waals surface area contributed by atoms with Crippen LogP contribution < -0.4 is 0 Å². The summed E-state index contributed by atoms with van der Waals surface area (Å²) in [5.74, 6) is 0.327. The molecule has 1 aromatic carbocycles. The Kier molecular flexibility index (Phi) is 4.84. The second-order valence-corrected chi connectivity index (χ2v) is 7.60. The molecule has 0 aliphatic heterocycles. The van der Waals surface area contributed by atoms with E-state index in [1.165, 1.54) is 6.07 Å². The predicted octanol–water partition coefficient (Wildman–Crippen LogP) is 4.54. The van der Waals surface area contributed by atoms with Crippen LogP contribution in [0, 0.1) is 0 Å². The number of aromatic nitrogens is 7. The second kappa shape index (κ2) is 7.55. The fourth-order valence-corrected chi connectivity index (χ4v) is 3.68. The monoisotopic (exact) mass is 535 g/mol. The van der Waals surface area contributed by atoms with E-state index < -0.39 is 11.9 Å². The van der Waals surface area contributed by atoms with Gasteiger partial charge in [0.1, 0.15) is 0 Å². The molecule has 4 aromatic heterocycles. The lowest BCUT2D eigenvalue weighted by molar-refractivity contribution is -0.141. The van der Waals surface area contributed by atoms with Gasteiger partial charge in [-0.05, 0) is 35.9 Å². The largest absolute Gasteiger partial charge is 0.435 e. The summed E-state index contributed by atoms with van der Waals surface area (Å²) in [5.41, 5.74) is 2.86. The van der Waals surface area contributed by atoms with E-state index in [-0.39, 0.29) is 12.1 Å². The Balaban J connectivity index is 1.50. The summed E-state index contributed by atoms with van der Waals surface area (Å²) in [6.45, 7) is 0. The molecule has 0 aliphatic carbocycles. The van der Waals surface area contributed by atoms with Crippen molar-refractivity contribution in [3.05, 3.63) is 72.1 Å². The maximum absolute atomic E-state index is 13.0. The molecule has 0 saturated carbocycles. The molecule has 7 nitrogen and oxygen atoms in total. The third-order valence-corrected chi connectivity index (χ3v) is 5.51. The fraction of sp³-hybridized carbons (Fsp3) is 0.150. The van der Waals surface area contributed by atoms with Gasteiger partial charge in [0.15, 0.2) is 17.2 Å². The summed E-state index contributed by atoms with van der Waals surface area (Å²) in [7, 11) is 0. The molecule has 0 spiro atoms. The van der Waals surface area contributed by atoms with Crippen molar-refractivity contribution in [1.82, 2.24) is 34.6 Å². The number of fused-ring (bicyclic) bond motifs is 2. The first-order chi connectivity index (χ1) is 14.9. The van der Waals surface area contributed by atoms with Crippen LogP contribution in [0.5, 0.6) is 0 Å². The molecule has 0 saturated heterocycles. The maximum atomic E-state index is 13.0. The third kappa shape index (κ3) is 3.84. The number of rotatable bonds is 4. The van der Waals surface area contributed by atoms with Crippen molar-refractivity contribution in [3.63, 3.8) is 0 Å². The zero-order valence-electron chi connectivity index (χ0n) is 15.8. The quantitative estimate of drug-likeness (QED) is 0.250. The third-order valence-electron chi connectivity index (χ3n) is 4.81. The summed E-state index contributed by atoms with van der Waals surface area (Å²) in [5, 5.41) is 16.8. The molecule has 0 radical (unpaired) electrons. The summed E-state index contributed by atoms with van der Waals surface area (Å²) in [6, 6.07) is 9.87. The van der Waals surface area contributed by atoms with E-state index in [1.54, 1.807) is 12.4 Å². The Bertz CT molecular complexity index is 1410. The predicted molar refractivity (Wildman–Crippen MR) is 116 cm³/mol. The van der Waals surface area contributed by atoms with Gasteiger partial charge >= 0.3 is 6.18 Å². The highest BCUT2D eigenvalue weighted by Gasteiger charge is 2.33. The lowest BCUT2D eigenvalue weighted by atomic mass is 10.0. The van der Waals surface area contributed by atoms with Crippen LogP contribution in [0.15, 0.2) is 55.0 Å². The zero-order chi connectivity index (χ0) is 21.6. The van der Waals surface area contributed by atoms with Crippen LogP contribution in [0.2, 0.25) is 0 Å². The normalized spacial score (nSPS) is 12.1. The van der Waals surface area contributed by atoms with Crippen LogP contribution >= 0.6 is 22.6 Å². The van der Waals surface area contributed by atoms with Crippen molar-refractivity contribution in [2.45, 2.75) is 17.1 Å². The Morgan fingerprint density at radius 1 is 0.968 bits per heavy atom. The second-order valence-electron chi connectivity index (χ2n) is 6.92. The summed E-state index contributed by atoms with van der Waals surface area (Å²) >= 11 is 2.23. The number of nitrogens with zero attached hydrogens (tertiary/aromatic N) is 7. The lowest BCUT2D eigenvalue weighted by Gasteiger charge is -2.07. The molecule has 5 aromatic rings. The van der Waals surface area contributed by atoms with Gasteiger partial charge in [0.2, 0.25) is 0 Å². The van der Waals surface area contributed by atoms with Gasteiger partial charge in [0.05, 0.1) is 16.3 Å². The molecule has 0 N–H and O–H groups in total. The van der Waals surface area contributed by atoms with E-state index in [1.807, 2.05) is 35.1 Å². The molecule has 0 bridgehead atoms. The number of hydrogen-bond donors (Lipinski definition) is 0. The lowest BCUT2D eigenvalue weighted by Crippen LogP contribution is -2.11. The van der Waals surface area contributed by atoms with Gasteiger partial charge in [0.25, 0.3) is 0 Å². The first-order valence-electron chi connectivity index (χ1n) is 9.17. The van der Waals surface area contributed by atoms with Gasteiger partial charge in [-0.3, -0.25) is 9.67 Å². The van der Waals surface area contributed by atoms with E-state index in [4.69, 9.17) is 0 Å². The molecule has 4 heterocycles. The Hall–Kier alpha value is -3.09. The highest BCUT2D eigenvalue weighted by atomic mass is 127. The van der Waals surface area contributed by atoms with Crippen LogP contribution in [0.4, 0.5) is 13.2 Å². The average Bonchev–Trinajstić information content (AvgIpc) is 3.40. The van der Waals surface area contributed by atoms with Crippen LogP contribution in [-0.2, 0) is 17.1 Å². The molecule has 0 aliphatic rings. The minimum atomic E-state index is -4.54. The molecule has 156 valence electrons. The minimum absolute atomic E-state index is 0.264. The van der Waals surface area contributed by atoms with E-state index in [0.29, 0.717) is 5.82 Å². The van der Waals surface area contributed by atoms with Gasteiger partial charge in [-0.25, -0.2) is 0 Å². The zero-order valence-corrected chi connectivity index (χ0v) is 17.9. The number of pyridine rings is 1. The Labute approximate surface area is 187 Å². The first-order valence-corrected chi connectivity index (χ1v) is 10.7. The van der Waals surface area contributed by atoms with Gasteiger partial charge in [-0.15, -0.1) is 10.2 Å². The van der Waals surface area contributed by atoms with Crippen LogP contribution in [0.25, 0.3) is 27.7 Å². The molecule has 11 heteroatoms. The van der Waals surface area contributed by atoms with Crippen molar-refractivity contribution in [1.29, 1.82) is 0 Å². The number of halogens is 4. The average molecular weight is 535 g/mol. The Morgan fingerprint density at radius 2 is 1.84 bits per heavy atom. The van der Waals surface area contributed by atoms with Gasteiger partial charge in [0, 0.05) is 35.3 Å². The van der Waals surface area contributed by atoms with Crippen LogP contribution in [0.3, 0.4) is 0 Å². The SMILES string of the molecule is FC(F)(F)c1ccc2nnc(Cc3ccc4ncc(-c5cnn(CI)c5)cc4c3)n2n1. The molecule has 0 unspecified atom stereocenters. The molecular weight excluding hydrogens is 522 g/mol. The molecule has 0 fully saturated rings. The van der Waals surface area contributed by atoms with Crippen LogP contribution in [-0.4, -0.2) is 34.6 Å². The minimum Gasteiger partial charge on any atom is -0.262 e. The van der Waals surface area contributed by atoms with Crippen molar-refractivity contribution >= 4 is 39.1 Å². The Morgan fingerprint density at radius 3 is 2.61 bits per heavy atom. The molecule has 0 amide bonds. The van der Waals surface area contributed by atoms with Gasteiger partial charge in [-0.1, -0.05) is 28.7 Å². The van der Waals surface area contributed by atoms with Crippen LogP contribution in [0.1, 0.15) is 17.1 Å². The highest BCUT2D eigenvalue weighted by Crippen LogP contribution is 2.28.